The van der Waals surface area contributed by atoms with Crippen molar-refractivity contribution in [2.75, 3.05) is 16.4 Å². The molecule has 11 heteroatoms. The maximum atomic E-state index is 12.3. The number of hydrogen-bond donors (Lipinski definition) is 2. The number of rotatable bonds is 7. The van der Waals surface area contributed by atoms with E-state index >= 15 is 0 Å². The van der Waals surface area contributed by atoms with Crippen LogP contribution in [-0.2, 0) is 4.79 Å². The predicted molar refractivity (Wildman–Crippen MR) is 111 cm³/mol. The molecule has 1 aromatic heterocycles. The highest BCUT2D eigenvalue weighted by Crippen LogP contribution is 2.22. The minimum Gasteiger partial charge on any atom is -0.322 e. The predicted octanol–water partition coefficient (Wildman–Crippen LogP) is 3.74. The summed E-state index contributed by atoms with van der Waals surface area (Å²) in [4.78, 5) is 35.3. The highest BCUT2D eigenvalue weighted by molar-refractivity contribution is 8.00. The van der Waals surface area contributed by atoms with E-state index in [0.29, 0.717) is 10.8 Å². The number of thioether (sulfide) groups is 1. The normalized spacial score (nSPS) is 10.4. The van der Waals surface area contributed by atoms with E-state index in [0.717, 1.165) is 9.90 Å². The molecule has 0 aliphatic heterocycles. The van der Waals surface area contributed by atoms with Crippen LogP contribution < -0.4 is 10.6 Å². The molecular formula is C18H15N5O4S2. The van der Waals surface area contributed by atoms with Crippen LogP contribution in [0.15, 0.2) is 53.4 Å². The van der Waals surface area contributed by atoms with Crippen LogP contribution in [-0.4, -0.2) is 32.7 Å². The topological polar surface area (TPSA) is 127 Å². The fourth-order valence-electron chi connectivity index (χ4n) is 2.25. The first-order chi connectivity index (χ1) is 13.9. The number of aromatic nitrogens is 2. The summed E-state index contributed by atoms with van der Waals surface area (Å²) in [5.74, 6) is -0.423. The average Bonchev–Trinajstić information content (AvgIpc) is 3.12. The van der Waals surface area contributed by atoms with Gasteiger partial charge >= 0.3 is 0 Å². The highest BCUT2D eigenvalue weighted by atomic mass is 32.2. The first kappa shape index (κ1) is 20.4. The van der Waals surface area contributed by atoms with E-state index in [1.54, 1.807) is 31.2 Å². The van der Waals surface area contributed by atoms with Gasteiger partial charge in [0.05, 0.1) is 10.7 Å². The summed E-state index contributed by atoms with van der Waals surface area (Å²) in [6.07, 6.45) is 0. The van der Waals surface area contributed by atoms with Gasteiger partial charge in [0.15, 0.2) is 0 Å². The Kier molecular flexibility index (Phi) is 6.52. The van der Waals surface area contributed by atoms with Gasteiger partial charge in [0.1, 0.15) is 5.01 Å². The first-order valence-electron chi connectivity index (χ1n) is 8.29. The monoisotopic (exact) mass is 429 g/mol. The molecule has 0 bridgehead atoms. The van der Waals surface area contributed by atoms with E-state index in [1.165, 1.54) is 47.4 Å². The van der Waals surface area contributed by atoms with Crippen molar-refractivity contribution in [3.8, 4) is 0 Å². The van der Waals surface area contributed by atoms with Crippen LogP contribution in [0.2, 0.25) is 0 Å². The minimum atomic E-state index is -0.550. The second kappa shape index (κ2) is 9.26. The molecule has 3 aromatic rings. The zero-order valence-corrected chi connectivity index (χ0v) is 16.8. The third-order valence-corrected chi connectivity index (χ3v) is 5.34. The Balaban J connectivity index is 1.53. The van der Waals surface area contributed by atoms with Gasteiger partial charge in [-0.15, -0.1) is 22.0 Å². The molecule has 0 aliphatic rings. The molecular weight excluding hydrogens is 414 g/mol. The number of nitro groups is 1. The molecule has 2 aromatic carbocycles. The Morgan fingerprint density at radius 3 is 2.55 bits per heavy atom. The number of carbonyl (C=O) groups excluding carboxylic acids is 2. The number of nitrogens with zero attached hydrogens (tertiary/aromatic N) is 3. The van der Waals surface area contributed by atoms with Crippen molar-refractivity contribution in [2.45, 2.75) is 11.8 Å². The summed E-state index contributed by atoms with van der Waals surface area (Å²) in [6, 6.07) is 12.5. The van der Waals surface area contributed by atoms with E-state index in [1.807, 2.05) is 0 Å². The van der Waals surface area contributed by atoms with Crippen molar-refractivity contribution in [3.63, 3.8) is 0 Å². The number of non-ortho nitro benzene ring substituents is 1. The van der Waals surface area contributed by atoms with E-state index in [9.17, 15) is 19.7 Å². The highest BCUT2D eigenvalue weighted by Gasteiger charge is 2.12. The molecule has 0 unspecified atom stereocenters. The standard InChI is InChI=1S/C18H15N5O4S2/c1-11-21-22-18(29-11)20-16(24)10-28-15-7-5-13(6-8-15)19-17(25)12-3-2-4-14(9-12)23(26)27/h2-9H,10H2,1H3,(H,19,25)(H,20,22,24). The Hall–Kier alpha value is -3.31. The van der Waals surface area contributed by atoms with Gasteiger partial charge in [0, 0.05) is 28.3 Å². The Morgan fingerprint density at radius 2 is 1.90 bits per heavy atom. The Labute approximate surface area is 173 Å². The molecule has 9 nitrogen and oxygen atoms in total. The second-order valence-corrected chi connectivity index (χ2v) is 7.98. The van der Waals surface area contributed by atoms with Crippen molar-refractivity contribution in [1.29, 1.82) is 0 Å². The van der Waals surface area contributed by atoms with E-state index < -0.39 is 10.8 Å². The minimum absolute atomic E-state index is 0.147. The molecule has 0 aliphatic carbocycles. The van der Waals surface area contributed by atoms with Crippen LogP contribution in [0.3, 0.4) is 0 Å². The van der Waals surface area contributed by atoms with Gasteiger partial charge in [-0.3, -0.25) is 25.0 Å². The maximum absolute atomic E-state index is 12.3. The molecule has 0 saturated carbocycles. The van der Waals surface area contributed by atoms with Crippen molar-refractivity contribution in [2.24, 2.45) is 0 Å². The largest absolute Gasteiger partial charge is 0.322 e. The van der Waals surface area contributed by atoms with E-state index in [2.05, 4.69) is 20.8 Å². The lowest BCUT2D eigenvalue weighted by Gasteiger charge is -2.07. The fraction of sp³-hybridized carbons (Fsp3) is 0.111. The van der Waals surface area contributed by atoms with Gasteiger partial charge in [0.2, 0.25) is 11.0 Å². The van der Waals surface area contributed by atoms with Crippen molar-refractivity contribution >= 4 is 51.4 Å². The van der Waals surface area contributed by atoms with Crippen LogP contribution in [0.4, 0.5) is 16.5 Å². The number of amides is 2. The van der Waals surface area contributed by atoms with Gasteiger partial charge in [-0.1, -0.05) is 17.4 Å². The number of anilines is 2. The van der Waals surface area contributed by atoms with Crippen molar-refractivity contribution < 1.29 is 14.5 Å². The molecule has 0 fully saturated rings. The number of nitrogens with one attached hydrogen (secondary N) is 2. The van der Waals surface area contributed by atoms with Crippen LogP contribution in [0.25, 0.3) is 0 Å². The van der Waals surface area contributed by atoms with Crippen LogP contribution >= 0.6 is 23.1 Å². The van der Waals surface area contributed by atoms with Crippen LogP contribution in [0.1, 0.15) is 15.4 Å². The third-order valence-electron chi connectivity index (χ3n) is 3.57. The SMILES string of the molecule is Cc1nnc(NC(=O)CSc2ccc(NC(=O)c3cccc([N+](=O)[O-])c3)cc2)s1. The number of aryl methyl sites for hydroxylation is 1. The number of benzene rings is 2. The quantitative estimate of drug-likeness (QED) is 0.333. The molecule has 0 atom stereocenters. The average molecular weight is 429 g/mol. The van der Waals surface area contributed by atoms with Crippen LogP contribution in [0.5, 0.6) is 0 Å². The van der Waals surface area contributed by atoms with E-state index in [4.69, 9.17) is 0 Å². The summed E-state index contributed by atoms with van der Waals surface area (Å²) in [5.41, 5.74) is 0.590. The molecule has 1 heterocycles. The molecule has 3 rings (SSSR count). The summed E-state index contributed by atoms with van der Waals surface area (Å²) < 4.78 is 0. The number of carbonyl (C=O) groups is 2. The first-order valence-corrected chi connectivity index (χ1v) is 10.1. The fourth-order valence-corrected chi connectivity index (χ4v) is 3.56. The van der Waals surface area contributed by atoms with Gasteiger partial charge < -0.3 is 5.32 Å². The third kappa shape index (κ3) is 5.83. The van der Waals surface area contributed by atoms with E-state index in [-0.39, 0.29) is 22.9 Å². The van der Waals surface area contributed by atoms with Gasteiger partial charge in [-0.05, 0) is 37.3 Å². The lowest BCUT2D eigenvalue weighted by Crippen LogP contribution is -2.13. The summed E-state index contributed by atoms with van der Waals surface area (Å²) >= 11 is 2.65. The van der Waals surface area contributed by atoms with Crippen molar-refractivity contribution in [3.05, 3.63) is 69.2 Å². The molecule has 2 amide bonds. The van der Waals surface area contributed by atoms with Crippen molar-refractivity contribution in [1.82, 2.24) is 10.2 Å². The molecule has 0 saturated heterocycles. The Morgan fingerprint density at radius 1 is 1.14 bits per heavy atom. The number of hydrogen-bond acceptors (Lipinski definition) is 8. The molecule has 0 spiro atoms. The van der Waals surface area contributed by atoms with Gasteiger partial charge in [-0.25, -0.2) is 0 Å². The maximum Gasteiger partial charge on any atom is 0.270 e. The molecule has 2 N–H and O–H groups in total. The lowest BCUT2D eigenvalue weighted by atomic mass is 10.2. The summed E-state index contributed by atoms with van der Waals surface area (Å²) in [7, 11) is 0. The second-order valence-electron chi connectivity index (χ2n) is 5.75. The van der Waals surface area contributed by atoms with Gasteiger partial charge in [-0.2, -0.15) is 0 Å². The summed E-state index contributed by atoms with van der Waals surface area (Å²) in [6.45, 7) is 1.81. The number of nitro benzene ring substituents is 1. The smallest absolute Gasteiger partial charge is 0.270 e. The van der Waals surface area contributed by atoms with Crippen LogP contribution in [0, 0.1) is 17.0 Å². The van der Waals surface area contributed by atoms with Gasteiger partial charge in [0.25, 0.3) is 11.6 Å². The summed E-state index contributed by atoms with van der Waals surface area (Å²) in [5, 5.41) is 25.1. The molecule has 148 valence electrons. The zero-order chi connectivity index (χ0) is 20.8. The molecule has 0 radical (unpaired) electrons. The Bertz CT molecular complexity index is 1050. The lowest BCUT2D eigenvalue weighted by molar-refractivity contribution is -0.384. The zero-order valence-electron chi connectivity index (χ0n) is 15.1. The molecule has 29 heavy (non-hydrogen) atoms.